The molecule has 2 aromatic heterocycles. The molecule has 1 aliphatic heterocycles. The summed E-state index contributed by atoms with van der Waals surface area (Å²) in [5, 5.41) is 4.71. The number of halogens is 1. The van der Waals surface area contributed by atoms with Crippen LogP contribution in [-0.2, 0) is 19.5 Å². The number of hydrogen-bond acceptors (Lipinski definition) is 6. The third-order valence-corrected chi connectivity index (χ3v) is 5.38. The van der Waals surface area contributed by atoms with Gasteiger partial charge >= 0.3 is 0 Å². The monoisotopic (exact) mass is 419 g/mol. The minimum absolute atomic E-state index is 0.101. The number of H-pyrrole nitrogens is 1. The topological polar surface area (TPSA) is 87.9 Å². The molecule has 0 fully saturated rings. The summed E-state index contributed by atoms with van der Waals surface area (Å²) in [4.78, 5) is 26.9. The molecule has 0 radical (unpaired) electrons. The number of nitrogens with one attached hydrogen (secondary N) is 1. The van der Waals surface area contributed by atoms with Crippen LogP contribution < -0.4 is 5.56 Å². The normalized spacial score (nSPS) is 13.9. The lowest BCUT2D eigenvalue weighted by molar-refractivity contribution is 0.208. The van der Waals surface area contributed by atoms with Crippen molar-refractivity contribution >= 4 is 11.6 Å². The van der Waals surface area contributed by atoms with Crippen molar-refractivity contribution in [3.05, 3.63) is 87.1 Å². The summed E-state index contributed by atoms with van der Waals surface area (Å²) in [6, 6.07) is 17.0. The maximum Gasteiger partial charge on any atom is 0.255 e. The van der Waals surface area contributed by atoms with Crippen molar-refractivity contribution in [2.24, 2.45) is 0 Å². The zero-order chi connectivity index (χ0) is 20.5. The van der Waals surface area contributed by atoms with E-state index in [0.29, 0.717) is 47.6 Å². The molecule has 8 heteroatoms. The van der Waals surface area contributed by atoms with E-state index < -0.39 is 0 Å². The fraction of sp³-hybridized carbons (Fsp3) is 0.182. The molecule has 1 aliphatic rings. The fourth-order valence-corrected chi connectivity index (χ4v) is 3.70. The van der Waals surface area contributed by atoms with E-state index in [1.807, 2.05) is 42.5 Å². The van der Waals surface area contributed by atoms with Crippen molar-refractivity contribution in [1.82, 2.24) is 25.0 Å². The van der Waals surface area contributed by atoms with Crippen LogP contribution in [0.15, 0.2) is 63.9 Å². The number of benzene rings is 2. The van der Waals surface area contributed by atoms with Gasteiger partial charge in [-0.15, -0.1) is 0 Å². The molecule has 1 N–H and O–H groups in total. The van der Waals surface area contributed by atoms with Gasteiger partial charge < -0.3 is 9.51 Å². The second-order valence-electron chi connectivity index (χ2n) is 7.19. The third-order valence-electron chi connectivity index (χ3n) is 5.12. The van der Waals surface area contributed by atoms with Crippen LogP contribution in [-0.4, -0.2) is 31.6 Å². The van der Waals surface area contributed by atoms with E-state index in [1.165, 1.54) is 0 Å². The average molecular weight is 420 g/mol. The Balaban J connectivity index is 1.33. The molecule has 0 atom stereocenters. The summed E-state index contributed by atoms with van der Waals surface area (Å²) >= 11 is 5.93. The van der Waals surface area contributed by atoms with E-state index in [0.717, 1.165) is 23.4 Å². The van der Waals surface area contributed by atoms with Gasteiger partial charge in [-0.3, -0.25) is 9.69 Å². The molecular weight excluding hydrogens is 402 g/mol. The van der Waals surface area contributed by atoms with E-state index in [4.69, 9.17) is 21.1 Å². The Morgan fingerprint density at radius 1 is 1.03 bits per heavy atom. The zero-order valence-electron chi connectivity index (χ0n) is 16.0. The minimum atomic E-state index is -0.101. The lowest BCUT2D eigenvalue weighted by Gasteiger charge is -2.26. The first-order chi connectivity index (χ1) is 14.7. The average Bonchev–Trinajstić information content (AvgIpc) is 3.23. The molecule has 0 bridgehead atoms. The van der Waals surface area contributed by atoms with Crippen molar-refractivity contribution < 1.29 is 4.52 Å². The molecular formula is C22H18ClN5O2. The Labute approximate surface area is 177 Å². The highest BCUT2D eigenvalue weighted by atomic mass is 35.5. The van der Waals surface area contributed by atoms with Crippen LogP contribution in [0.25, 0.3) is 22.8 Å². The SMILES string of the molecule is O=c1[nH]c(-c2ccccc2)nc2c1CN(Cc1nc(-c3ccc(Cl)cc3)no1)CC2. The maximum absolute atomic E-state index is 12.7. The summed E-state index contributed by atoms with van der Waals surface area (Å²) < 4.78 is 5.41. The van der Waals surface area contributed by atoms with E-state index in [1.54, 1.807) is 12.1 Å². The first kappa shape index (κ1) is 18.7. The standard InChI is InChI=1S/C22H18ClN5O2/c23-16-8-6-15(7-9-16)21-25-19(30-27-21)13-28-11-10-18-17(12-28)22(29)26-20(24-18)14-4-2-1-3-5-14/h1-9H,10-13H2,(H,24,26,29). The highest BCUT2D eigenvalue weighted by Gasteiger charge is 2.23. The van der Waals surface area contributed by atoms with Crippen LogP contribution in [0.2, 0.25) is 5.02 Å². The Morgan fingerprint density at radius 3 is 2.63 bits per heavy atom. The minimum Gasteiger partial charge on any atom is -0.338 e. The van der Waals surface area contributed by atoms with Gasteiger partial charge in [0.05, 0.1) is 17.8 Å². The van der Waals surface area contributed by atoms with Crippen LogP contribution in [0, 0.1) is 0 Å². The number of rotatable bonds is 4. The summed E-state index contributed by atoms with van der Waals surface area (Å²) in [5.74, 6) is 1.64. The van der Waals surface area contributed by atoms with Crippen molar-refractivity contribution in [1.29, 1.82) is 0 Å². The Hall–Kier alpha value is -3.29. The molecule has 0 spiro atoms. The fourth-order valence-electron chi connectivity index (χ4n) is 3.58. The number of aromatic amines is 1. The molecule has 3 heterocycles. The number of aromatic nitrogens is 4. The van der Waals surface area contributed by atoms with Crippen LogP contribution in [0.1, 0.15) is 17.1 Å². The third kappa shape index (κ3) is 3.77. The number of hydrogen-bond donors (Lipinski definition) is 1. The van der Waals surface area contributed by atoms with Gasteiger partial charge in [0.1, 0.15) is 5.82 Å². The van der Waals surface area contributed by atoms with Gasteiger partial charge in [-0.2, -0.15) is 4.98 Å². The van der Waals surface area contributed by atoms with E-state index >= 15 is 0 Å². The van der Waals surface area contributed by atoms with Gasteiger partial charge in [-0.1, -0.05) is 47.1 Å². The van der Waals surface area contributed by atoms with E-state index in [9.17, 15) is 4.79 Å². The molecule has 0 unspecified atom stereocenters. The van der Waals surface area contributed by atoms with Gasteiger partial charge in [0.2, 0.25) is 11.7 Å². The summed E-state index contributed by atoms with van der Waals surface area (Å²) in [6.07, 6.45) is 0.692. The molecule has 4 aromatic rings. The van der Waals surface area contributed by atoms with Crippen LogP contribution >= 0.6 is 11.6 Å². The summed E-state index contributed by atoms with van der Waals surface area (Å²) in [7, 11) is 0. The van der Waals surface area contributed by atoms with Crippen LogP contribution in [0.4, 0.5) is 0 Å². The quantitative estimate of drug-likeness (QED) is 0.542. The van der Waals surface area contributed by atoms with Crippen molar-refractivity contribution in [3.63, 3.8) is 0 Å². The Bertz CT molecular complexity index is 1230. The molecule has 150 valence electrons. The second-order valence-corrected chi connectivity index (χ2v) is 7.62. The van der Waals surface area contributed by atoms with E-state index in [-0.39, 0.29) is 5.56 Å². The summed E-state index contributed by atoms with van der Waals surface area (Å²) in [6.45, 7) is 1.72. The van der Waals surface area contributed by atoms with Gasteiger partial charge in [-0.05, 0) is 24.3 Å². The second kappa shape index (κ2) is 7.85. The van der Waals surface area contributed by atoms with Gasteiger partial charge in [0.15, 0.2) is 0 Å². The van der Waals surface area contributed by atoms with Gasteiger partial charge in [0.25, 0.3) is 5.56 Å². The number of fused-ring (bicyclic) bond motifs is 1. The first-order valence-corrected chi connectivity index (χ1v) is 10.0. The van der Waals surface area contributed by atoms with Crippen LogP contribution in [0.3, 0.4) is 0 Å². The Kier molecular flexibility index (Phi) is 4.90. The molecule has 5 rings (SSSR count). The highest BCUT2D eigenvalue weighted by Crippen LogP contribution is 2.22. The molecule has 30 heavy (non-hydrogen) atoms. The predicted octanol–water partition coefficient (Wildman–Crippen LogP) is 3.70. The molecule has 0 amide bonds. The summed E-state index contributed by atoms with van der Waals surface area (Å²) in [5.41, 5.74) is 3.18. The molecule has 2 aromatic carbocycles. The maximum atomic E-state index is 12.7. The van der Waals surface area contributed by atoms with Gasteiger partial charge in [0, 0.05) is 35.7 Å². The lowest BCUT2D eigenvalue weighted by Crippen LogP contribution is -2.35. The first-order valence-electron chi connectivity index (χ1n) is 9.64. The zero-order valence-corrected chi connectivity index (χ0v) is 16.8. The van der Waals surface area contributed by atoms with Crippen molar-refractivity contribution in [2.75, 3.05) is 6.54 Å². The van der Waals surface area contributed by atoms with E-state index in [2.05, 4.69) is 20.0 Å². The Morgan fingerprint density at radius 2 is 1.83 bits per heavy atom. The lowest BCUT2D eigenvalue weighted by atomic mass is 10.1. The molecule has 0 saturated heterocycles. The molecule has 7 nitrogen and oxygen atoms in total. The molecule has 0 saturated carbocycles. The van der Waals surface area contributed by atoms with Crippen molar-refractivity contribution in [3.8, 4) is 22.8 Å². The van der Waals surface area contributed by atoms with Gasteiger partial charge in [-0.25, -0.2) is 4.98 Å². The number of nitrogens with zero attached hydrogens (tertiary/aromatic N) is 4. The predicted molar refractivity (Wildman–Crippen MR) is 113 cm³/mol. The van der Waals surface area contributed by atoms with Crippen LogP contribution in [0.5, 0.6) is 0 Å². The largest absolute Gasteiger partial charge is 0.338 e. The smallest absolute Gasteiger partial charge is 0.255 e. The molecule has 0 aliphatic carbocycles. The highest BCUT2D eigenvalue weighted by molar-refractivity contribution is 6.30. The van der Waals surface area contributed by atoms with Crippen molar-refractivity contribution in [2.45, 2.75) is 19.5 Å².